The standard InChI is InChI=1S/C11H23N3OS/c1-6-10(9(12)7-8-13-5)14-16(15)11(2,3)4/h7-8,10,12-14H,6H2,1-5H3/b8-7-,12-9?. The highest BCUT2D eigenvalue weighted by Gasteiger charge is 2.29. The molecule has 4 nitrogen and oxygen atoms in total. The quantitative estimate of drug-likeness (QED) is 0.491. The molecular formula is C11H23N3OS. The van der Waals surface area contributed by atoms with Gasteiger partial charge in [-0.25, -0.2) is 0 Å². The van der Waals surface area contributed by atoms with Gasteiger partial charge in [0.2, 0.25) is 0 Å². The fourth-order valence-electron chi connectivity index (χ4n) is 0.962. The molecule has 3 N–H and O–H groups in total. The second kappa shape index (κ2) is 6.93. The molecule has 0 spiro atoms. The van der Waals surface area contributed by atoms with E-state index in [-0.39, 0.29) is 10.8 Å². The van der Waals surface area contributed by atoms with Crippen molar-refractivity contribution in [3.05, 3.63) is 12.3 Å². The summed E-state index contributed by atoms with van der Waals surface area (Å²) in [7, 11) is 1.78. The monoisotopic (exact) mass is 245 g/mol. The molecule has 0 heterocycles. The Bertz CT molecular complexity index is 248. The third kappa shape index (κ3) is 5.53. The van der Waals surface area contributed by atoms with E-state index in [4.69, 9.17) is 5.41 Å². The summed E-state index contributed by atoms with van der Waals surface area (Å²) in [4.78, 5) is 0. The van der Waals surface area contributed by atoms with E-state index in [0.717, 1.165) is 6.42 Å². The van der Waals surface area contributed by atoms with Gasteiger partial charge in [-0.2, -0.15) is 0 Å². The van der Waals surface area contributed by atoms with E-state index in [2.05, 4.69) is 10.0 Å². The lowest BCUT2D eigenvalue weighted by Crippen LogP contribution is -2.47. The van der Waals surface area contributed by atoms with Crippen molar-refractivity contribution in [1.29, 1.82) is 5.41 Å². The lowest BCUT2D eigenvalue weighted by Gasteiger charge is -2.27. The summed E-state index contributed by atoms with van der Waals surface area (Å²) < 4.78 is 14.6. The Hall–Kier alpha value is -0.520. The Morgan fingerprint density at radius 3 is 2.44 bits per heavy atom. The van der Waals surface area contributed by atoms with Gasteiger partial charge < -0.3 is 15.3 Å². The van der Waals surface area contributed by atoms with E-state index in [9.17, 15) is 4.55 Å². The van der Waals surface area contributed by atoms with Crippen LogP contribution in [0.5, 0.6) is 0 Å². The Kier molecular flexibility index (Phi) is 6.71. The normalized spacial score (nSPS) is 16.1. The predicted molar refractivity (Wildman–Crippen MR) is 71.0 cm³/mol. The summed E-state index contributed by atoms with van der Waals surface area (Å²) in [5.74, 6) is 0. The van der Waals surface area contributed by atoms with E-state index in [1.807, 2.05) is 27.7 Å². The second-order valence-corrected chi connectivity index (χ2v) is 6.54. The highest BCUT2D eigenvalue weighted by molar-refractivity contribution is 7.90. The Morgan fingerprint density at radius 1 is 1.50 bits per heavy atom. The van der Waals surface area contributed by atoms with Crippen molar-refractivity contribution < 1.29 is 4.55 Å². The first-order valence-electron chi connectivity index (χ1n) is 5.43. The van der Waals surface area contributed by atoms with Crippen LogP contribution in [0.2, 0.25) is 0 Å². The summed E-state index contributed by atoms with van der Waals surface area (Å²) in [5.41, 5.74) is 0.439. The van der Waals surface area contributed by atoms with Gasteiger partial charge in [0.05, 0.1) is 11.8 Å². The van der Waals surface area contributed by atoms with Crippen LogP contribution in [0.1, 0.15) is 34.1 Å². The minimum absolute atomic E-state index is 0.162. The van der Waals surface area contributed by atoms with Crippen molar-refractivity contribution in [2.24, 2.45) is 0 Å². The van der Waals surface area contributed by atoms with Gasteiger partial charge in [0, 0.05) is 18.4 Å². The second-order valence-electron chi connectivity index (χ2n) is 4.54. The average Bonchev–Trinajstić information content (AvgIpc) is 2.20. The van der Waals surface area contributed by atoms with E-state index in [0.29, 0.717) is 5.71 Å². The summed E-state index contributed by atoms with van der Waals surface area (Å²) in [6.45, 7) is 7.71. The molecule has 16 heavy (non-hydrogen) atoms. The Morgan fingerprint density at radius 2 is 2.06 bits per heavy atom. The van der Waals surface area contributed by atoms with Crippen LogP contribution in [0, 0.1) is 5.41 Å². The first kappa shape index (κ1) is 15.5. The summed E-state index contributed by atoms with van der Waals surface area (Å²) in [6.07, 6.45) is 4.13. The zero-order valence-corrected chi connectivity index (χ0v) is 11.6. The molecule has 0 rings (SSSR count). The van der Waals surface area contributed by atoms with E-state index in [1.165, 1.54) is 0 Å². The molecular weight excluding hydrogens is 222 g/mol. The fraction of sp³-hybridized carbons (Fsp3) is 0.727. The fourth-order valence-corrected chi connectivity index (χ4v) is 1.87. The number of rotatable bonds is 6. The van der Waals surface area contributed by atoms with Crippen LogP contribution in [-0.4, -0.2) is 28.1 Å². The average molecular weight is 245 g/mol. The molecule has 94 valence electrons. The maximum Gasteiger partial charge on any atom is 0.136 e. The van der Waals surface area contributed by atoms with Crippen LogP contribution in [0.4, 0.5) is 0 Å². The van der Waals surface area contributed by atoms with E-state index >= 15 is 0 Å². The third-order valence-electron chi connectivity index (χ3n) is 2.02. The Balaban J connectivity index is 4.41. The molecule has 0 fully saturated rings. The van der Waals surface area contributed by atoms with Gasteiger partial charge in [-0.1, -0.05) is 6.92 Å². The zero-order valence-electron chi connectivity index (χ0n) is 10.8. The third-order valence-corrected chi connectivity index (χ3v) is 3.63. The minimum atomic E-state index is -1.14. The highest BCUT2D eigenvalue weighted by Crippen LogP contribution is 2.14. The molecule has 0 amide bonds. The predicted octanol–water partition coefficient (Wildman–Crippen LogP) is 1.57. The van der Waals surface area contributed by atoms with Gasteiger partial charge in [-0.05, 0) is 39.5 Å². The van der Waals surface area contributed by atoms with Crippen LogP contribution in [0.15, 0.2) is 12.3 Å². The molecule has 5 heteroatoms. The van der Waals surface area contributed by atoms with E-state index < -0.39 is 11.4 Å². The molecule has 0 radical (unpaired) electrons. The van der Waals surface area contributed by atoms with Crippen molar-refractivity contribution in [2.75, 3.05) is 7.05 Å². The summed E-state index contributed by atoms with van der Waals surface area (Å²) in [6, 6.07) is -0.162. The summed E-state index contributed by atoms with van der Waals surface area (Å²) in [5, 5.41) is 10.7. The topological polar surface area (TPSA) is 71.0 Å². The summed E-state index contributed by atoms with van der Waals surface area (Å²) >= 11 is -1.14. The zero-order chi connectivity index (χ0) is 12.8. The Labute approximate surface area is 102 Å². The van der Waals surface area contributed by atoms with Crippen molar-refractivity contribution >= 4 is 17.1 Å². The lowest BCUT2D eigenvalue weighted by molar-refractivity contribution is 0.536. The molecule has 0 saturated carbocycles. The van der Waals surface area contributed by atoms with Gasteiger partial charge >= 0.3 is 0 Å². The molecule has 0 aromatic heterocycles. The number of hydrogen-bond acceptors (Lipinski definition) is 4. The molecule has 2 atom stereocenters. The van der Waals surface area contributed by atoms with Crippen LogP contribution < -0.4 is 10.0 Å². The molecule has 0 aromatic carbocycles. The van der Waals surface area contributed by atoms with Gasteiger partial charge in [0.25, 0.3) is 0 Å². The largest absolute Gasteiger partial charge is 0.598 e. The molecule has 0 aliphatic rings. The van der Waals surface area contributed by atoms with Crippen LogP contribution in [-0.2, 0) is 11.4 Å². The molecule has 0 bridgehead atoms. The van der Waals surface area contributed by atoms with Gasteiger partial charge in [0.15, 0.2) is 0 Å². The first-order valence-corrected chi connectivity index (χ1v) is 6.58. The number of hydrogen-bond donors (Lipinski definition) is 3. The van der Waals surface area contributed by atoms with Crippen LogP contribution >= 0.6 is 0 Å². The van der Waals surface area contributed by atoms with Crippen molar-refractivity contribution in [2.45, 2.75) is 44.9 Å². The molecule has 0 aliphatic heterocycles. The van der Waals surface area contributed by atoms with Gasteiger partial charge in [-0.15, -0.1) is 4.72 Å². The maximum absolute atomic E-state index is 11.9. The molecule has 0 aromatic rings. The van der Waals surface area contributed by atoms with Crippen molar-refractivity contribution in [3.8, 4) is 0 Å². The highest BCUT2D eigenvalue weighted by atomic mass is 32.2. The lowest BCUT2D eigenvalue weighted by atomic mass is 10.1. The van der Waals surface area contributed by atoms with Gasteiger partial charge in [0.1, 0.15) is 4.75 Å². The first-order chi connectivity index (χ1) is 7.32. The van der Waals surface area contributed by atoms with Crippen molar-refractivity contribution in [1.82, 2.24) is 10.0 Å². The SMILES string of the molecule is CCC(N[S+]([O-])C(C)(C)C)C(=N)/C=C\NC. The molecule has 0 saturated heterocycles. The van der Waals surface area contributed by atoms with Crippen LogP contribution in [0.3, 0.4) is 0 Å². The maximum atomic E-state index is 11.9. The molecule has 2 unspecified atom stereocenters. The number of nitrogens with one attached hydrogen (secondary N) is 3. The van der Waals surface area contributed by atoms with Crippen molar-refractivity contribution in [3.63, 3.8) is 0 Å². The van der Waals surface area contributed by atoms with Crippen LogP contribution in [0.25, 0.3) is 0 Å². The van der Waals surface area contributed by atoms with Gasteiger partial charge in [-0.3, -0.25) is 0 Å². The minimum Gasteiger partial charge on any atom is -0.598 e. The van der Waals surface area contributed by atoms with E-state index in [1.54, 1.807) is 19.3 Å². The molecule has 0 aliphatic carbocycles. The smallest absolute Gasteiger partial charge is 0.136 e.